The van der Waals surface area contributed by atoms with Crippen LogP contribution >= 0.6 is 0 Å². The summed E-state index contributed by atoms with van der Waals surface area (Å²) in [6.07, 6.45) is 9.07. The smallest absolute Gasteiger partial charge is 0.256 e. The Morgan fingerprint density at radius 2 is 1.86 bits per heavy atom. The first-order valence-electron chi connectivity index (χ1n) is 13.3. The van der Waals surface area contributed by atoms with Crippen molar-refractivity contribution in [3.8, 4) is 0 Å². The lowest BCUT2D eigenvalue weighted by atomic mass is 9.88. The number of amides is 2. The third kappa shape index (κ3) is 5.31. The van der Waals surface area contributed by atoms with E-state index in [1.54, 1.807) is 13.4 Å². The lowest BCUT2D eigenvalue weighted by molar-refractivity contribution is -0.120. The van der Waals surface area contributed by atoms with Crippen molar-refractivity contribution in [3.05, 3.63) is 59.9 Å². The van der Waals surface area contributed by atoms with Crippen LogP contribution in [0.3, 0.4) is 0 Å². The van der Waals surface area contributed by atoms with E-state index in [1.807, 2.05) is 27.7 Å². The molecular formula is C29H36N4O3. The number of hydrogen-bond donors (Lipinski definition) is 1. The van der Waals surface area contributed by atoms with E-state index in [-0.39, 0.29) is 17.7 Å². The van der Waals surface area contributed by atoms with Gasteiger partial charge in [-0.2, -0.15) is 0 Å². The molecule has 2 fully saturated rings. The Hall–Kier alpha value is -3.19. The molecule has 1 N–H and O–H groups in total. The Morgan fingerprint density at radius 3 is 2.64 bits per heavy atom. The van der Waals surface area contributed by atoms with Gasteiger partial charge in [0.25, 0.3) is 5.91 Å². The summed E-state index contributed by atoms with van der Waals surface area (Å²) < 4.78 is 7.27. The molecule has 0 spiro atoms. The molecule has 1 aromatic heterocycles. The zero-order chi connectivity index (χ0) is 24.9. The highest BCUT2D eigenvalue weighted by Crippen LogP contribution is 2.31. The van der Waals surface area contributed by atoms with Gasteiger partial charge in [0.05, 0.1) is 29.5 Å². The van der Waals surface area contributed by atoms with Gasteiger partial charge >= 0.3 is 0 Å². The SMILES string of the molecule is COCCn1cnc2cc(NC(=O)C3CCCCC3)cc(C(=O)N3CCC[C@@H](c4ccccc4)C3)c21. The first-order chi connectivity index (χ1) is 17.6. The Kier molecular flexibility index (Phi) is 7.66. The van der Waals surface area contributed by atoms with E-state index in [9.17, 15) is 9.59 Å². The third-order valence-electron chi connectivity index (χ3n) is 7.70. The number of fused-ring (bicyclic) bond motifs is 1. The molecule has 1 aliphatic heterocycles. The molecule has 3 aromatic rings. The Labute approximate surface area is 212 Å². The van der Waals surface area contributed by atoms with Gasteiger partial charge in [-0.3, -0.25) is 9.59 Å². The number of nitrogens with zero attached hydrogens (tertiary/aromatic N) is 3. The van der Waals surface area contributed by atoms with Crippen LogP contribution in [0.1, 0.15) is 66.8 Å². The average Bonchev–Trinajstić information content (AvgIpc) is 3.35. The van der Waals surface area contributed by atoms with Crippen molar-refractivity contribution >= 4 is 28.5 Å². The molecule has 2 aromatic carbocycles. The van der Waals surface area contributed by atoms with Gasteiger partial charge in [0.15, 0.2) is 0 Å². The van der Waals surface area contributed by atoms with Crippen molar-refractivity contribution < 1.29 is 14.3 Å². The van der Waals surface area contributed by atoms with Crippen LogP contribution in [-0.4, -0.2) is 53.1 Å². The van der Waals surface area contributed by atoms with E-state index in [0.29, 0.717) is 42.4 Å². The number of likely N-dealkylation sites (tertiary alicyclic amines) is 1. The summed E-state index contributed by atoms with van der Waals surface area (Å²) in [6, 6.07) is 14.2. The second-order valence-corrected chi connectivity index (χ2v) is 10.1. The van der Waals surface area contributed by atoms with Crippen molar-refractivity contribution in [2.75, 3.05) is 32.1 Å². The minimum absolute atomic E-state index is 0.00596. The van der Waals surface area contributed by atoms with E-state index in [1.165, 1.54) is 12.0 Å². The van der Waals surface area contributed by atoms with Crippen molar-refractivity contribution in [1.82, 2.24) is 14.5 Å². The van der Waals surface area contributed by atoms with Gasteiger partial charge in [0.2, 0.25) is 5.91 Å². The quantitative estimate of drug-likeness (QED) is 0.495. The number of carbonyl (C=O) groups excluding carboxylic acids is 2. The van der Waals surface area contributed by atoms with Crippen molar-refractivity contribution in [3.63, 3.8) is 0 Å². The van der Waals surface area contributed by atoms with Crippen LogP contribution in [0.2, 0.25) is 0 Å². The van der Waals surface area contributed by atoms with Crippen LogP contribution in [-0.2, 0) is 16.1 Å². The number of methoxy groups -OCH3 is 1. The van der Waals surface area contributed by atoms with Gasteiger partial charge in [0.1, 0.15) is 0 Å². The average molecular weight is 489 g/mol. The van der Waals surface area contributed by atoms with Gasteiger partial charge in [-0.05, 0) is 43.4 Å². The van der Waals surface area contributed by atoms with Crippen LogP contribution in [0.15, 0.2) is 48.8 Å². The molecule has 2 heterocycles. The zero-order valence-electron chi connectivity index (χ0n) is 21.1. The lowest BCUT2D eigenvalue weighted by Crippen LogP contribution is -2.39. The molecule has 5 rings (SSSR count). The second-order valence-electron chi connectivity index (χ2n) is 10.1. The molecule has 0 unspecified atom stereocenters. The first-order valence-corrected chi connectivity index (χ1v) is 13.3. The number of aromatic nitrogens is 2. The van der Waals surface area contributed by atoms with Crippen LogP contribution in [0, 0.1) is 5.92 Å². The molecule has 36 heavy (non-hydrogen) atoms. The molecule has 0 bridgehead atoms. The summed E-state index contributed by atoms with van der Waals surface area (Å²) in [5.74, 6) is 0.413. The van der Waals surface area contributed by atoms with Crippen LogP contribution in [0.4, 0.5) is 5.69 Å². The molecule has 7 heteroatoms. The Balaban J connectivity index is 1.45. The maximum Gasteiger partial charge on any atom is 0.256 e. The van der Waals surface area contributed by atoms with E-state index < -0.39 is 0 Å². The number of ether oxygens (including phenoxy) is 1. The van der Waals surface area contributed by atoms with Crippen LogP contribution < -0.4 is 5.32 Å². The third-order valence-corrected chi connectivity index (χ3v) is 7.70. The number of hydrogen-bond acceptors (Lipinski definition) is 4. The van der Waals surface area contributed by atoms with Crippen molar-refractivity contribution in [1.29, 1.82) is 0 Å². The normalized spacial score (nSPS) is 18.9. The predicted octanol–water partition coefficient (Wildman–Crippen LogP) is 5.22. The molecule has 2 aliphatic rings. The second kappa shape index (κ2) is 11.2. The van der Waals surface area contributed by atoms with Gasteiger partial charge < -0.3 is 19.5 Å². The van der Waals surface area contributed by atoms with E-state index in [0.717, 1.165) is 50.6 Å². The number of anilines is 1. The largest absolute Gasteiger partial charge is 0.383 e. The summed E-state index contributed by atoms with van der Waals surface area (Å²) in [6.45, 7) is 2.55. The molecule has 2 amide bonds. The summed E-state index contributed by atoms with van der Waals surface area (Å²) >= 11 is 0. The van der Waals surface area contributed by atoms with Gasteiger partial charge in [-0.15, -0.1) is 0 Å². The number of benzene rings is 2. The van der Waals surface area contributed by atoms with E-state index in [2.05, 4.69) is 34.6 Å². The molecule has 1 saturated carbocycles. The standard InChI is InChI=1S/C29H36N4O3/c1-36-16-15-33-20-30-26-18-24(31-28(34)22-11-6-3-7-12-22)17-25(27(26)33)29(35)32-14-8-13-23(19-32)21-9-4-2-5-10-21/h2,4-5,9-10,17-18,20,22-23H,3,6-8,11-16,19H2,1H3,(H,31,34)/t23-/m1/s1. The highest BCUT2D eigenvalue weighted by molar-refractivity contribution is 6.07. The Bertz CT molecular complexity index is 1200. The topological polar surface area (TPSA) is 76.5 Å². The van der Waals surface area contributed by atoms with Crippen LogP contribution in [0.5, 0.6) is 0 Å². The van der Waals surface area contributed by atoms with E-state index >= 15 is 0 Å². The minimum Gasteiger partial charge on any atom is -0.383 e. The van der Waals surface area contributed by atoms with E-state index in [4.69, 9.17) is 4.74 Å². The molecule has 1 aliphatic carbocycles. The monoisotopic (exact) mass is 488 g/mol. The fourth-order valence-corrected chi connectivity index (χ4v) is 5.74. The highest BCUT2D eigenvalue weighted by atomic mass is 16.5. The Morgan fingerprint density at radius 1 is 1.06 bits per heavy atom. The maximum absolute atomic E-state index is 14.0. The lowest BCUT2D eigenvalue weighted by Gasteiger charge is -2.33. The van der Waals surface area contributed by atoms with Crippen LogP contribution in [0.25, 0.3) is 11.0 Å². The molecule has 7 nitrogen and oxygen atoms in total. The summed E-state index contributed by atoms with van der Waals surface area (Å²) in [5.41, 5.74) is 4.03. The minimum atomic E-state index is -0.00596. The fraction of sp³-hybridized carbons (Fsp3) is 0.483. The van der Waals surface area contributed by atoms with Gasteiger partial charge in [0, 0.05) is 44.3 Å². The molecule has 1 saturated heterocycles. The maximum atomic E-state index is 14.0. The van der Waals surface area contributed by atoms with Crippen molar-refractivity contribution in [2.45, 2.75) is 57.4 Å². The molecular weight excluding hydrogens is 452 g/mol. The number of piperidine rings is 1. The number of imidazole rings is 1. The summed E-state index contributed by atoms with van der Waals surface area (Å²) in [7, 11) is 1.67. The summed E-state index contributed by atoms with van der Waals surface area (Å²) in [5, 5.41) is 3.11. The van der Waals surface area contributed by atoms with Gasteiger partial charge in [-0.25, -0.2) is 4.98 Å². The zero-order valence-corrected chi connectivity index (χ0v) is 21.1. The molecule has 0 radical (unpaired) electrons. The molecule has 190 valence electrons. The first kappa shape index (κ1) is 24.5. The number of rotatable bonds is 7. The number of carbonyl (C=O) groups is 2. The highest BCUT2D eigenvalue weighted by Gasteiger charge is 2.28. The van der Waals surface area contributed by atoms with Gasteiger partial charge in [-0.1, -0.05) is 49.6 Å². The van der Waals surface area contributed by atoms with Crippen molar-refractivity contribution in [2.24, 2.45) is 5.92 Å². The predicted molar refractivity (Wildman–Crippen MR) is 141 cm³/mol. The number of nitrogens with one attached hydrogen (secondary N) is 1. The molecule has 1 atom stereocenters. The summed E-state index contributed by atoms with van der Waals surface area (Å²) in [4.78, 5) is 33.5. The fourth-order valence-electron chi connectivity index (χ4n) is 5.74.